The van der Waals surface area contributed by atoms with Gasteiger partial charge in [0.1, 0.15) is 11.5 Å². The van der Waals surface area contributed by atoms with Crippen LogP contribution in [0.1, 0.15) is 34.6 Å². The predicted molar refractivity (Wildman–Crippen MR) is 106 cm³/mol. The van der Waals surface area contributed by atoms with Gasteiger partial charge in [0, 0.05) is 30.9 Å². The standard InChI is InChI=1S/C20H21N7O/c1-26-14-11-7-6-10-13(14)17(25-26)20(28)21-18-15-16(12-8-4-3-5-9-12)24-27(2)19(15)23-22-18/h3-5,8-9H,6-7,10-11H2,1-2H3,(H2,21,22,23,28). The first-order valence-electron chi connectivity index (χ1n) is 9.46. The first-order valence-corrected chi connectivity index (χ1v) is 9.46. The van der Waals surface area contributed by atoms with Crippen molar-refractivity contribution in [1.82, 2.24) is 29.8 Å². The first-order chi connectivity index (χ1) is 13.6. The zero-order valence-corrected chi connectivity index (χ0v) is 15.9. The lowest BCUT2D eigenvalue weighted by molar-refractivity contribution is 0.102. The summed E-state index contributed by atoms with van der Waals surface area (Å²) in [6.45, 7) is 0. The molecule has 142 valence electrons. The molecule has 1 aromatic carbocycles. The van der Waals surface area contributed by atoms with E-state index in [2.05, 4.69) is 25.7 Å². The van der Waals surface area contributed by atoms with Gasteiger partial charge in [-0.15, -0.1) is 0 Å². The lowest BCUT2D eigenvalue weighted by Crippen LogP contribution is -2.16. The van der Waals surface area contributed by atoms with Crippen molar-refractivity contribution in [3.05, 3.63) is 47.3 Å². The fraction of sp³-hybridized carbons (Fsp3) is 0.300. The Labute approximate surface area is 161 Å². The summed E-state index contributed by atoms with van der Waals surface area (Å²) in [6, 6.07) is 9.89. The number of nitrogens with zero attached hydrogens (tertiary/aromatic N) is 5. The van der Waals surface area contributed by atoms with E-state index in [-0.39, 0.29) is 5.91 Å². The highest BCUT2D eigenvalue weighted by Crippen LogP contribution is 2.32. The molecular formula is C20H21N7O. The first kappa shape index (κ1) is 16.7. The average molecular weight is 375 g/mol. The Hall–Kier alpha value is -3.42. The van der Waals surface area contributed by atoms with Gasteiger partial charge in [0.25, 0.3) is 5.91 Å². The number of anilines is 1. The third kappa shape index (κ3) is 2.52. The number of hydrogen-bond donors (Lipinski definition) is 2. The molecule has 4 aromatic rings. The van der Waals surface area contributed by atoms with Crippen LogP contribution in [0.4, 0.5) is 5.82 Å². The molecule has 0 saturated carbocycles. The van der Waals surface area contributed by atoms with Gasteiger partial charge >= 0.3 is 0 Å². The monoisotopic (exact) mass is 375 g/mol. The van der Waals surface area contributed by atoms with Crippen LogP contribution in [0.25, 0.3) is 22.3 Å². The van der Waals surface area contributed by atoms with Gasteiger partial charge in [-0.2, -0.15) is 15.3 Å². The summed E-state index contributed by atoms with van der Waals surface area (Å²) in [4.78, 5) is 13.0. The van der Waals surface area contributed by atoms with E-state index in [1.165, 1.54) is 0 Å². The highest BCUT2D eigenvalue weighted by Gasteiger charge is 2.26. The van der Waals surface area contributed by atoms with Crippen LogP contribution in [0, 0.1) is 0 Å². The van der Waals surface area contributed by atoms with Gasteiger partial charge in [0.15, 0.2) is 11.3 Å². The smallest absolute Gasteiger partial charge is 0.277 e. The van der Waals surface area contributed by atoms with E-state index in [1.807, 2.05) is 49.1 Å². The molecule has 0 fully saturated rings. The summed E-state index contributed by atoms with van der Waals surface area (Å²) < 4.78 is 3.55. The number of aryl methyl sites for hydroxylation is 2. The molecule has 3 aromatic heterocycles. The van der Waals surface area contributed by atoms with Crippen LogP contribution in [0.2, 0.25) is 0 Å². The molecule has 0 aliphatic heterocycles. The zero-order valence-electron chi connectivity index (χ0n) is 15.9. The average Bonchev–Trinajstić information content (AvgIpc) is 3.38. The van der Waals surface area contributed by atoms with Gasteiger partial charge in [-0.25, -0.2) is 4.68 Å². The topological polar surface area (TPSA) is 93.4 Å². The van der Waals surface area contributed by atoms with E-state index in [0.29, 0.717) is 17.2 Å². The summed E-state index contributed by atoms with van der Waals surface area (Å²) >= 11 is 0. The summed E-state index contributed by atoms with van der Waals surface area (Å²) in [6.07, 6.45) is 4.10. The number of rotatable bonds is 3. The van der Waals surface area contributed by atoms with Crippen molar-refractivity contribution >= 4 is 22.8 Å². The van der Waals surface area contributed by atoms with E-state index in [0.717, 1.165) is 53.6 Å². The lowest BCUT2D eigenvalue weighted by atomic mass is 9.95. The molecule has 0 bridgehead atoms. The van der Waals surface area contributed by atoms with Crippen molar-refractivity contribution < 1.29 is 4.79 Å². The summed E-state index contributed by atoms with van der Waals surface area (Å²) in [7, 11) is 3.75. The number of amides is 1. The fourth-order valence-corrected chi connectivity index (χ4v) is 4.05. The molecule has 0 atom stereocenters. The van der Waals surface area contributed by atoms with Gasteiger partial charge in [-0.05, 0) is 25.7 Å². The SMILES string of the molecule is Cn1nc(C(=O)Nc2[nH]nc3c2c(-c2ccccc2)nn3C)c2c1CCCC2. The maximum atomic E-state index is 13.0. The predicted octanol–water partition coefficient (Wildman–Crippen LogP) is 2.83. The normalized spacial score (nSPS) is 13.6. The minimum atomic E-state index is -0.216. The van der Waals surface area contributed by atoms with Gasteiger partial charge in [-0.1, -0.05) is 30.3 Å². The minimum absolute atomic E-state index is 0.216. The van der Waals surface area contributed by atoms with Gasteiger partial charge in [0.2, 0.25) is 0 Å². The number of hydrogen-bond acceptors (Lipinski definition) is 4. The van der Waals surface area contributed by atoms with E-state index in [4.69, 9.17) is 0 Å². The molecule has 1 amide bonds. The molecule has 2 N–H and O–H groups in total. The quantitative estimate of drug-likeness (QED) is 0.576. The second-order valence-electron chi connectivity index (χ2n) is 7.19. The van der Waals surface area contributed by atoms with Crippen molar-refractivity contribution in [1.29, 1.82) is 0 Å². The van der Waals surface area contributed by atoms with Crippen molar-refractivity contribution in [3.63, 3.8) is 0 Å². The van der Waals surface area contributed by atoms with Gasteiger partial charge in [-0.3, -0.25) is 14.6 Å². The highest BCUT2D eigenvalue weighted by atomic mass is 16.2. The van der Waals surface area contributed by atoms with Gasteiger partial charge < -0.3 is 5.32 Å². The van der Waals surface area contributed by atoms with Crippen LogP contribution in [-0.4, -0.2) is 35.7 Å². The van der Waals surface area contributed by atoms with Crippen LogP contribution in [0.5, 0.6) is 0 Å². The number of fused-ring (bicyclic) bond motifs is 2. The molecule has 0 saturated heterocycles. The number of nitrogens with one attached hydrogen (secondary N) is 2. The molecule has 0 unspecified atom stereocenters. The molecule has 1 aliphatic rings. The van der Waals surface area contributed by atoms with Crippen molar-refractivity contribution in [2.45, 2.75) is 25.7 Å². The van der Waals surface area contributed by atoms with Crippen LogP contribution in [-0.2, 0) is 26.9 Å². The van der Waals surface area contributed by atoms with Gasteiger partial charge in [0.05, 0.1) is 5.39 Å². The van der Waals surface area contributed by atoms with Crippen LogP contribution >= 0.6 is 0 Å². The number of carbonyl (C=O) groups is 1. The number of H-pyrrole nitrogens is 1. The zero-order chi connectivity index (χ0) is 19.3. The molecule has 3 heterocycles. The third-order valence-electron chi connectivity index (χ3n) is 5.41. The van der Waals surface area contributed by atoms with Crippen LogP contribution < -0.4 is 5.32 Å². The third-order valence-corrected chi connectivity index (χ3v) is 5.41. The summed E-state index contributed by atoms with van der Waals surface area (Å²) in [5.41, 5.74) is 5.18. The molecular weight excluding hydrogens is 354 g/mol. The van der Waals surface area contributed by atoms with E-state index in [1.54, 1.807) is 4.68 Å². The van der Waals surface area contributed by atoms with Crippen molar-refractivity contribution in [2.24, 2.45) is 14.1 Å². The Morgan fingerprint density at radius 1 is 1.07 bits per heavy atom. The molecule has 5 rings (SSSR count). The Morgan fingerprint density at radius 2 is 1.86 bits per heavy atom. The second kappa shape index (κ2) is 6.33. The van der Waals surface area contributed by atoms with Crippen LogP contribution in [0.15, 0.2) is 30.3 Å². The molecule has 1 aliphatic carbocycles. The number of benzene rings is 1. The Balaban J connectivity index is 1.55. The molecule has 8 nitrogen and oxygen atoms in total. The fourth-order valence-electron chi connectivity index (χ4n) is 4.05. The lowest BCUT2D eigenvalue weighted by Gasteiger charge is -2.12. The summed E-state index contributed by atoms with van der Waals surface area (Å²) in [5.74, 6) is 0.328. The maximum Gasteiger partial charge on any atom is 0.277 e. The molecule has 0 spiro atoms. The number of carbonyl (C=O) groups excluding carboxylic acids is 1. The number of aromatic amines is 1. The minimum Gasteiger partial charge on any atom is -0.305 e. The maximum absolute atomic E-state index is 13.0. The second-order valence-corrected chi connectivity index (χ2v) is 7.19. The number of aromatic nitrogens is 6. The van der Waals surface area contributed by atoms with Crippen molar-refractivity contribution in [2.75, 3.05) is 5.32 Å². The van der Waals surface area contributed by atoms with Crippen LogP contribution in [0.3, 0.4) is 0 Å². The van der Waals surface area contributed by atoms with E-state index < -0.39 is 0 Å². The highest BCUT2D eigenvalue weighted by molar-refractivity contribution is 6.10. The molecule has 0 radical (unpaired) electrons. The van der Waals surface area contributed by atoms with E-state index >= 15 is 0 Å². The van der Waals surface area contributed by atoms with E-state index in [9.17, 15) is 4.79 Å². The molecule has 8 heteroatoms. The largest absolute Gasteiger partial charge is 0.305 e. The van der Waals surface area contributed by atoms with Crippen molar-refractivity contribution in [3.8, 4) is 11.3 Å². The Morgan fingerprint density at radius 3 is 2.68 bits per heavy atom. The summed E-state index contributed by atoms with van der Waals surface area (Å²) in [5, 5.41) is 20.2. The molecule has 28 heavy (non-hydrogen) atoms. The Kier molecular flexibility index (Phi) is 3.78. The Bertz CT molecular complexity index is 1180.